The number of nitrogens with zero attached hydrogens (tertiary/aromatic N) is 1. The number of rotatable bonds is 10. The minimum Gasteiger partial charge on any atom is -0.497 e. The molecule has 10 heteroatoms. The average Bonchev–Trinajstić information content (AvgIpc) is 3.20. The highest BCUT2D eigenvalue weighted by Gasteiger charge is 2.33. The molecule has 0 spiro atoms. The molecule has 1 aliphatic rings. The molecule has 1 aliphatic heterocycles. The molecule has 38 heavy (non-hydrogen) atoms. The highest BCUT2D eigenvalue weighted by atomic mass is 32.2. The molecule has 196 valence electrons. The summed E-state index contributed by atoms with van der Waals surface area (Å²) < 4.78 is 22.2. The predicted octanol–water partition coefficient (Wildman–Crippen LogP) is 5.53. The molecule has 1 heterocycles. The van der Waals surface area contributed by atoms with E-state index in [1.54, 1.807) is 67.8 Å². The van der Waals surface area contributed by atoms with E-state index in [2.05, 4.69) is 5.32 Å². The molecule has 0 bridgehead atoms. The normalized spacial score (nSPS) is 14.0. The Labute approximate surface area is 230 Å². The lowest BCUT2D eigenvalue weighted by atomic mass is 10.1. The summed E-state index contributed by atoms with van der Waals surface area (Å²) in [4.78, 5) is 27.5. The number of carbonyl (C=O) groups excluding carboxylic acids is 2. The lowest BCUT2D eigenvalue weighted by Gasteiger charge is -2.15. The van der Waals surface area contributed by atoms with Crippen LogP contribution in [0.3, 0.4) is 0 Å². The van der Waals surface area contributed by atoms with Crippen LogP contribution in [0.1, 0.15) is 12.5 Å². The van der Waals surface area contributed by atoms with Gasteiger partial charge in [0.25, 0.3) is 11.8 Å². The predicted molar refractivity (Wildman–Crippen MR) is 153 cm³/mol. The number of anilines is 2. The van der Waals surface area contributed by atoms with Gasteiger partial charge in [-0.1, -0.05) is 36.1 Å². The van der Waals surface area contributed by atoms with Gasteiger partial charge in [0, 0.05) is 11.8 Å². The molecule has 1 N–H and O–H groups in total. The molecule has 3 aromatic rings. The standard InChI is InChI=1S/C28H26N2O6S2/c1-4-35-21-11-9-20(10-12-21)30-27(32)25(38-28(30)37)15-18-8-13-23(24(14-18)34-3)36-17-26(31)29-19-6-5-7-22(16-19)33-2/h5-16H,4,17H2,1-3H3,(H,29,31)/b25-15-. The molecule has 1 saturated heterocycles. The van der Waals surface area contributed by atoms with Gasteiger partial charge in [0.05, 0.1) is 31.4 Å². The minimum atomic E-state index is -0.331. The quantitative estimate of drug-likeness (QED) is 0.261. The third-order valence-electron chi connectivity index (χ3n) is 5.40. The molecule has 4 rings (SSSR count). The Morgan fingerprint density at radius 2 is 1.76 bits per heavy atom. The second kappa shape index (κ2) is 12.5. The maximum Gasteiger partial charge on any atom is 0.270 e. The van der Waals surface area contributed by atoms with Gasteiger partial charge >= 0.3 is 0 Å². The fourth-order valence-electron chi connectivity index (χ4n) is 3.63. The topological polar surface area (TPSA) is 86.3 Å². The van der Waals surface area contributed by atoms with Gasteiger partial charge in [-0.05, 0) is 67.1 Å². The first-order valence-corrected chi connectivity index (χ1v) is 12.9. The van der Waals surface area contributed by atoms with E-state index in [9.17, 15) is 9.59 Å². The van der Waals surface area contributed by atoms with Crippen molar-refractivity contribution in [2.75, 3.05) is 37.7 Å². The second-order valence-corrected chi connectivity index (χ2v) is 9.60. The molecule has 0 atom stereocenters. The third kappa shape index (κ3) is 6.45. The highest BCUT2D eigenvalue weighted by molar-refractivity contribution is 8.27. The van der Waals surface area contributed by atoms with Crippen molar-refractivity contribution in [2.24, 2.45) is 0 Å². The molecule has 1 fully saturated rings. The Balaban J connectivity index is 1.43. The number of methoxy groups -OCH3 is 2. The van der Waals surface area contributed by atoms with Gasteiger partial charge < -0.3 is 24.3 Å². The molecule has 3 aromatic carbocycles. The zero-order chi connectivity index (χ0) is 27.1. The van der Waals surface area contributed by atoms with Crippen LogP contribution in [0.15, 0.2) is 71.6 Å². The Kier molecular flexibility index (Phi) is 8.88. The van der Waals surface area contributed by atoms with E-state index in [1.165, 1.54) is 23.8 Å². The summed E-state index contributed by atoms with van der Waals surface area (Å²) >= 11 is 6.70. The minimum absolute atomic E-state index is 0.210. The van der Waals surface area contributed by atoms with E-state index in [0.717, 1.165) is 11.3 Å². The van der Waals surface area contributed by atoms with Gasteiger partial charge in [0.15, 0.2) is 22.4 Å². The van der Waals surface area contributed by atoms with Crippen molar-refractivity contribution >= 4 is 57.6 Å². The van der Waals surface area contributed by atoms with E-state index in [4.69, 9.17) is 31.2 Å². The smallest absolute Gasteiger partial charge is 0.270 e. The van der Waals surface area contributed by atoms with Gasteiger partial charge in [-0.15, -0.1) is 0 Å². The summed E-state index contributed by atoms with van der Waals surface area (Å²) in [6, 6.07) is 19.5. The van der Waals surface area contributed by atoms with E-state index < -0.39 is 0 Å². The SMILES string of the molecule is CCOc1ccc(N2C(=O)/C(=C/c3ccc(OCC(=O)Nc4cccc(OC)c4)c(OC)c3)SC2=S)cc1. The van der Waals surface area contributed by atoms with Crippen LogP contribution in [0.4, 0.5) is 11.4 Å². The lowest BCUT2D eigenvalue weighted by molar-refractivity contribution is -0.118. The average molecular weight is 551 g/mol. The van der Waals surface area contributed by atoms with E-state index >= 15 is 0 Å². The van der Waals surface area contributed by atoms with Crippen molar-refractivity contribution < 1.29 is 28.5 Å². The summed E-state index contributed by atoms with van der Waals surface area (Å²) in [5.41, 5.74) is 2.00. The van der Waals surface area contributed by atoms with Crippen molar-refractivity contribution in [2.45, 2.75) is 6.92 Å². The molecule has 0 radical (unpaired) electrons. The third-order valence-corrected chi connectivity index (χ3v) is 6.70. The van der Waals surface area contributed by atoms with Crippen LogP contribution in [-0.4, -0.2) is 43.6 Å². The van der Waals surface area contributed by atoms with Gasteiger partial charge in [0.1, 0.15) is 11.5 Å². The zero-order valence-corrected chi connectivity index (χ0v) is 22.7. The summed E-state index contributed by atoms with van der Waals surface area (Å²) in [5.74, 6) is 1.64. The largest absolute Gasteiger partial charge is 0.497 e. The number of ether oxygens (including phenoxy) is 4. The van der Waals surface area contributed by atoms with Crippen molar-refractivity contribution in [3.8, 4) is 23.0 Å². The van der Waals surface area contributed by atoms with Crippen LogP contribution in [0.5, 0.6) is 23.0 Å². The van der Waals surface area contributed by atoms with E-state index in [0.29, 0.717) is 44.5 Å². The van der Waals surface area contributed by atoms with Crippen LogP contribution in [0.25, 0.3) is 6.08 Å². The summed E-state index contributed by atoms with van der Waals surface area (Å²) in [6.45, 7) is 2.26. The molecule has 2 amide bonds. The molecular weight excluding hydrogens is 524 g/mol. The number of nitrogens with one attached hydrogen (secondary N) is 1. The van der Waals surface area contributed by atoms with Gasteiger partial charge in [-0.2, -0.15) is 0 Å². The fourth-order valence-corrected chi connectivity index (χ4v) is 4.93. The monoisotopic (exact) mass is 550 g/mol. The first-order valence-electron chi connectivity index (χ1n) is 11.7. The number of carbonyl (C=O) groups is 2. The molecule has 0 saturated carbocycles. The zero-order valence-electron chi connectivity index (χ0n) is 21.1. The Morgan fingerprint density at radius 3 is 2.47 bits per heavy atom. The number of hydrogen-bond acceptors (Lipinski definition) is 8. The van der Waals surface area contributed by atoms with Gasteiger partial charge in [-0.25, -0.2) is 0 Å². The molecule has 8 nitrogen and oxygen atoms in total. The van der Waals surface area contributed by atoms with Crippen LogP contribution in [0.2, 0.25) is 0 Å². The maximum atomic E-state index is 13.1. The fraction of sp³-hybridized carbons (Fsp3) is 0.179. The number of thiocarbonyl (C=S) groups is 1. The molecule has 0 unspecified atom stereocenters. The van der Waals surface area contributed by atoms with Crippen LogP contribution >= 0.6 is 24.0 Å². The number of thioether (sulfide) groups is 1. The van der Waals surface area contributed by atoms with Crippen molar-refractivity contribution in [3.05, 3.63) is 77.2 Å². The first kappa shape index (κ1) is 27.0. The van der Waals surface area contributed by atoms with Gasteiger partial charge in [0.2, 0.25) is 0 Å². The van der Waals surface area contributed by atoms with Crippen molar-refractivity contribution in [1.29, 1.82) is 0 Å². The van der Waals surface area contributed by atoms with Crippen molar-refractivity contribution in [3.63, 3.8) is 0 Å². The number of amides is 2. The number of benzene rings is 3. The lowest BCUT2D eigenvalue weighted by Crippen LogP contribution is -2.27. The molecule has 0 aromatic heterocycles. The van der Waals surface area contributed by atoms with Crippen molar-refractivity contribution in [1.82, 2.24) is 0 Å². The Hall–Kier alpha value is -4.02. The van der Waals surface area contributed by atoms with Crippen LogP contribution < -0.4 is 29.2 Å². The molecular formula is C28H26N2O6S2. The Morgan fingerprint density at radius 1 is 0.974 bits per heavy atom. The summed E-state index contributed by atoms with van der Waals surface area (Å²) in [7, 11) is 3.07. The number of hydrogen-bond donors (Lipinski definition) is 1. The Bertz CT molecular complexity index is 1370. The van der Waals surface area contributed by atoms with Crippen LogP contribution in [-0.2, 0) is 9.59 Å². The highest BCUT2D eigenvalue weighted by Crippen LogP contribution is 2.37. The second-order valence-electron chi connectivity index (χ2n) is 7.92. The summed E-state index contributed by atoms with van der Waals surface area (Å²) in [5, 5.41) is 2.76. The van der Waals surface area contributed by atoms with E-state index in [1.807, 2.05) is 19.1 Å². The van der Waals surface area contributed by atoms with Crippen LogP contribution in [0, 0.1) is 0 Å². The first-order chi connectivity index (χ1) is 18.4. The summed E-state index contributed by atoms with van der Waals surface area (Å²) in [6.07, 6.45) is 1.75. The van der Waals surface area contributed by atoms with E-state index in [-0.39, 0.29) is 18.4 Å². The maximum absolute atomic E-state index is 13.1. The molecule has 0 aliphatic carbocycles. The van der Waals surface area contributed by atoms with Gasteiger partial charge in [-0.3, -0.25) is 14.5 Å².